The summed E-state index contributed by atoms with van der Waals surface area (Å²) < 4.78 is 42.6. The van der Waals surface area contributed by atoms with Crippen LogP contribution in [0.25, 0.3) is 11.1 Å². The van der Waals surface area contributed by atoms with E-state index in [-0.39, 0.29) is 18.6 Å². The van der Waals surface area contributed by atoms with Crippen LogP contribution in [0, 0.1) is 0 Å². The minimum Gasteiger partial charge on any atom is -0.464 e. The first kappa shape index (κ1) is 32.3. The van der Waals surface area contributed by atoms with Crippen LogP contribution in [0.1, 0.15) is 64.2 Å². The van der Waals surface area contributed by atoms with Gasteiger partial charge in [0.25, 0.3) is 5.91 Å². The van der Waals surface area contributed by atoms with Gasteiger partial charge in [-0.05, 0) is 84.2 Å². The fourth-order valence-corrected chi connectivity index (χ4v) is 5.80. The molecule has 0 saturated carbocycles. The van der Waals surface area contributed by atoms with Crippen LogP contribution >= 0.6 is 0 Å². The third-order valence-corrected chi connectivity index (χ3v) is 7.86. The molecule has 0 aliphatic carbocycles. The number of ether oxygens (including phenoxy) is 7. The van der Waals surface area contributed by atoms with Gasteiger partial charge in [-0.3, -0.25) is 4.79 Å². The number of nitrogens with two attached hydrogens (primary N) is 1. The smallest absolute Gasteiger partial charge is 0.328 e. The van der Waals surface area contributed by atoms with Crippen LogP contribution < -0.4 is 15.8 Å². The maximum atomic E-state index is 13.1. The molecule has 0 radical (unpaired) electrons. The van der Waals surface area contributed by atoms with Gasteiger partial charge < -0.3 is 44.2 Å². The molecule has 6 atom stereocenters. The van der Waals surface area contributed by atoms with Crippen molar-refractivity contribution in [2.75, 3.05) is 19.8 Å². The van der Waals surface area contributed by atoms with Crippen molar-refractivity contribution in [2.24, 2.45) is 5.73 Å². The van der Waals surface area contributed by atoms with Crippen molar-refractivity contribution in [2.45, 2.75) is 102 Å². The molecule has 11 heteroatoms. The first-order valence-corrected chi connectivity index (χ1v) is 15.4. The molecule has 11 nitrogen and oxygen atoms in total. The largest absolute Gasteiger partial charge is 0.464 e. The van der Waals surface area contributed by atoms with Gasteiger partial charge in [0.1, 0.15) is 30.1 Å². The van der Waals surface area contributed by atoms with Crippen LogP contribution in [0.15, 0.2) is 48.5 Å². The number of fused-ring (bicyclic) bond motifs is 3. The van der Waals surface area contributed by atoms with E-state index in [1.807, 2.05) is 64.1 Å². The number of nitrogens with one attached hydrogen (secondary N) is 1. The summed E-state index contributed by atoms with van der Waals surface area (Å²) in [7, 11) is 0. The van der Waals surface area contributed by atoms with Gasteiger partial charge in [0.2, 0.25) is 6.29 Å². The Bertz CT molecular complexity index is 1300. The van der Waals surface area contributed by atoms with Gasteiger partial charge in [0.15, 0.2) is 17.7 Å². The highest BCUT2D eigenvalue weighted by molar-refractivity contribution is 5.97. The molecule has 2 aromatic rings. The highest BCUT2D eigenvalue weighted by Crippen LogP contribution is 2.43. The van der Waals surface area contributed by atoms with Crippen molar-refractivity contribution in [3.63, 3.8) is 0 Å². The minimum atomic E-state index is -0.840. The average molecular weight is 613 g/mol. The van der Waals surface area contributed by atoms with E-state index in [9.17, 15) is 9.59 Å². The van der Waals surface area contributed by atoms with E-state index in [1.54, 1.807) is 19.1 Å². The fourth-order valence-electron chi connectivity index (χ4n) is 5.80. The van der Waals surface area contributed by atoms with Gasteiger partial charge in [0.05, 0.1) is 13.2 Å². The number of carbonyl (C=O) groups is 2. The van der Waals surface area contributed by atoms with E-state index in [0.29, 0.717) is 37.3 Å². The molecule has 0 unspecified atom stereocenters. The molecule has 2 aromatic carbocycles. The van der Waals surface area contributed by atoms with Crippen LogP contribution in [0.3, 0.4) is 0 Å². The summed E-state index contributed by atoms with van der Waals surface area (Å²) in [5.74, 6) is -1.83. The molecule has 44 heavy (non-hydrogen) atoms. The Kier molecular flexibility index (Phi) is 9.93. The number of para-hydroxylation sites is 1. The number of carbonyl (C=O) groups excluding carboxylic acids is 2. The van der Waals surface area contributed by atoms with Gasteiger partial charge in [-0.1, -0.05) is 30.3 Å². The standard InChI is InChI=1S/C33H44N2O9/c1-6-38-30(37)23(12-9-10-18-34)35-29(36)21-16-14-20(15-17-21)22-11-7-8-13-24(22)40-31-28-27(43-33(4,5)44-28)26-25(41-31)19-39-32(2,3)42-26/h7-8,11,13-17,23,25-28,31H,6,9-10,12,18-19,34H2,1-5H3,(H,35,36)/t23-,25+,26+,27-,28-,31-/m0/s1. The molecule has 3 aliphatic heterocycles. The molecule has 1 amide bonds. The minimum absolute atomic E-state index is 0.240. The quantitative estimate of drug-likeness (QED) is 0.284. The van der Waals surface area contributed by atoms with E-state index in [2.05, 4.69) is 5.32 Å². The summed E-state index contributed by atoms with van der Waals surface area (Å²) in [4.78, 5) is 25.5. The van der Waals surface area contributed by atoms with Gasteiger partial charge in [-0.25, -0.2) is 4.79 Å². The topological polar surface area (TPSA) is 137 Å². The molecular formula is C33H44N2O9. The summed E-state index contributed by atoms with van der Waals surface area (Å²) in [5.41, 5.74) is 7.66. The van der Waals surface area contributed by atoms with Crippen molar-refractivity contribution >= 4 is 11.9 Å². The molecule has 3 heterocycles. The zero-order valence-corrected chi connectivity index (χ0v) is 26.1. The lowest BCUT2D eigenvalue weighted by atomic mass is 9.97. The van der Waals surface area contributed by atoms with Crippen LogP contribution in [0.5, 0.6) is 5.75 Å². The van der Waals surface area contributed by atoms with Gasteiger partial charge in [0, 0.05) is 11.1 Å². The second-order valence-electron chi connectivity index (χ2n) is 12.2. The van der Waals surface area contributed by atoms with Crippen LogP contribution in [-0.2, 0) is 33.2 Å². The van der Waals surface area contributed by atoms with Gasteiger partial charge >= 0.3 is 5.97 Å². The van der Waals surface area contributed by atoms with Crippen LogP contribution in [0.2, 0.25) is 0 Å². The maximum Gasteiger partial charge on any atom is 0.328 e. The van der Waals surface area contributed by atoms with Crippen molar-refractivity contribution in [1.82, 2.24) is 5.32 Å². The number of unbranched alkanes of at least 4 members (excludes halogenated alkanes) is 1. The van der Waals surface area contributed by atoms with Crippen molar-refractivity contribution in [3.05, 3.63) is 54.1 Å². The summed E-state index contributed by atoms with van der Waals surface area (Å²) in [5, 5.41) is 2.82. The van der Waals surface area contributed by atoms with Gasteiger partial charge in [-0.15, -0.1) is 0 Å². The second kappa shape index (κ2) is 13.5. The van der Waals surface area contributed by atoms with Crippen LogP contribution in [0.4, 0.5) is 0 Å². The first-order chi connectivity index (χ1) is 21.0. The number of hydrogen-bond acceptors (Lipinski definition) is 10. The molecule has 3 fully saturated rings. The summed E-state index contributed by atoms with van der Waals surface area (Å²) in [6.07, 6.45) is -0.564. The normalized spacial score (nSPS) is 27.5. The monoisotopic (exact) mass is 612 g/mol. The number of hydrogen-bond donors (Lipinski definition) is 2. The summed E-state index contributed by atoms with van der Waals surface area (Å²) >= 11 is 0. The number of rotatable bonds is 11. The molecule has 0 aromatic heterocycles. The highest BCUT2D eigenvalue weighted by Gasteiger charge is 2.59. The first-order valence-electron chi connectivity index (χ1n) is 15.4. The zero-order chi connectivity index (χ0) is 31.5. The van der Waals surface area contributed by atoms with E-state index >= 15 is 0 Å². The molecule has 0 bridgehead atoms. The lowest BCUT2D eigenvalue weighted by Gasteiger charge is -2.48. The summed E-state index contributed by atoms with van der Waals surface area (Å²) in [6, 6.07) is 14.0. The highest BCUT2D eigenvalue weighted by atomic mass is 16.8. The fraction of sp³-hybridized carbons (Fsp3) is 0.576. The molecule has 5 rings (SSSR count). The van der Waals surface area contributed by atoms with Crippen LogP contribution in [-0.4, -0.2) is 80.0 Å². The van der Waals surface area contributed by atoms with E-state index in [1.165, 1.54) is 0 Å². The second-order valence-corrected chi connectivity index (χ2v) is 12.2. The van der Waals surface area contributed by atoms with E-state index < -0.39 is 48.2 Å². The Morgan fingerprint density at radius 1 is 0.955 bits per heavy atom. The predicted octanol–water partition coefficient (Wildman–Crippen LogP) is 3.92. The van der Waals surface area contributed by atoms with E-state index in [0.717, 1.165) is 17.5 Å². The Morgan fingerprint density at radius 3 is 2.39 bits per heavy atom. The third-order valence-electron chi connectivity index (χ3n) is 7.86. The van der Waals surface area contributed by atoms with Crippen molar-refractivity contribution in [1.29, 1.82) is 0 Å². The number of esters is 1. The molecule has 0 spiro atoms. The molecule has 3 N–H and O–H groups in total. The molecule has 3 aliphatic rings. The average Bonchev–Trinajstić information content (AvgIpc) is 3.33. The molecule has 240 valence electrons. The maximum absolute atomic E-state index is 13.1. The van der Waals surface area contributed by atoms with Crippen molar-refractivity contribution in [3.8, 4) is 16.9 Å². The van der Waals surface area contributed by atoms with Crippen molar-refractivity contribution < 1.29 is 42.7 Å². The Hall–Kier alpha value is -3.06. The zero-order valence-electron chi connectivity index (χ0n) is 26.1. The molecule has 3 saturated heterocycles. The Balaban J connectivity index is 1.31. The lowest BCUT2D eigenvalue weighted by molar-refractivity contribution is -0.362. The number of amides is 1. The lowest BCUT2D eigenvalue weighted by Crippen LogP contribution is -2.64. The third kappa shape index (κ3) is 7.42. The predicted molar refractivity (Wildman–Crippen MR) is 161 cm³/mol. The van der Waals surface area contributed by atoms with Gasteiger partial charge in [-0.2, -0.15) is 0 Å². The summed E-state index contributed by atoms with van der Waals surface area (Å²) in [6.45, 7) is 10.3. The Labute approximate surface area is 258 Å². The van der Waals surface area contributed by atoms with E-state index in [4.69, 9.17) is 38.9 Å². The SMILES string of the molecule is CCOC(=O)[C@H](CCCCN)NC(=O)c1ccc(-c2ccccc2O[C@H]2O[C@@H]3COC(C)(C)O[C@H]3[C@@H]3OC(C)(C)O[C@H]23)cc1. The molecular weight excluding hydrogens is 568 g/mol. The number of benzene rings is 2. The Morgan fingerprint density at radius 2 is 1.66 bits per heavy atom.